The van der Waals surface area contributed by atoms with Gasteiger partial charge in [-0.25, -0.2) is 0 Å². The van der Waals surface area contributed by atoms with Gasteiger partial charge in [-0.15, -0.1) is 24.0 Å². The Kier molecular flexibility index (Phi) is 8.54. The number of carbonyl (C=O) groups excluding carboxylic acids is 1. The van der Waals surface area contributed by atoms with E-state index in [1.807, 2.05) is 18.1 Å². The van der Waals surface area contributed by atoms with E-state index in [-0.39, 0.29) is 29.9 Å². The Labute approximate surface area is 185 Å². The number of likely N-dealkylation sites (tertiary alicyclic amines) is 1. The Bertz CT molecular complexity index is 669. The molecule has 1 N–H and O–H groups in total. The molecule has 2 fully saturated rings. The van der Waals surface area contributed by atoms with E-state index in [0.29, 0.717) is 19.1 Å². The van der Waals surface area contributed by atoms with Crippen molar-refractivity contribution in [1.29, 1.82) is 0 Å². The number of piperidine rings is 1. The fourth-order valence-corrected chi connectivity index (χ4v) is 3.84. The molecule has 9 heteroatoms. The Hall–Kier alpha value is -1.36. The molecule has 0 saturated carbocycles. The van der Waals surface area contributed by atoms with E-state index in [1.54, 1.807) is 22.8 Å². The second kappa shape index (κ2) is 10.4. The fraction of sp³-hybridized carbons (Fsp3) is 0.737. The molecule has 1 amide bonds. The molecule has 0 aliphatic carbocycles. The first-order valence-electron chi connectivity index (χ1n) is 9.96. The molecule has 2 saturated heterocycles. The highest BCUT2D eigenvalue weighted by Crippen LogP contribution is 2.18. The highest BCUT2D eigenvalue weighted by Gasteiger charge is 2.28. The number of rotatable bonds is 4. The number of carbonyl (C=O) groups is 1. The summed E-state index contributed by atoms with van der Waals surface area (Å²) >= 11 is 0. The van der Waals surface area contributed by atoms with Gasteiger partial charge in [0.1, 0.15) is 6.54 Å². The van der Waals surface area contributed by atoms with E-state index in [9.17, 15) is 4.79 Å². The number of hydrogen-bond acceptors (Lipinski definition) is 4. The average molecular weight is 503 g/mol. The number of hydrogen-bond donors (Lipinski definition) is 1. The molecule has 2 aliphatic heterocycles. The standard InChI is InChI=1S/C19H33N7O.HI/c1-15-5-7-24(8-6-15)16(2)11-21-19(20-3)25-9-10-26(18(27)14-25)17-12-22-23(4)13-17;/h12-13,15-16H,5-11,14H2,1-4H3,(H,20,21);1H. The topological polar surface area (TPSA) is 69.0 Å². The van der Waals surface area contributed by atoms with Crippen LogP contribution in [0.15, 0.2) is 17.4 Å². The summed E-state index contributed by atoms with van der Waals surface area (Å²) in [6.45, 7) is 9.53. The van der Waals surface area contributed by atoms with E-state index < -0.39 is 0 Å². The number of amides is 1. The van der Waals surface area contributed by atoms with Gasteiger partial charge in [-0.3, -0.25) is 19.4 Å². The first-order chi connectivity index (χ1) is 13.0. The van der Waals surface area contributed by atoms with E-state index in [2.05, 4.69) is 34.2 Å². The number of aryl methyl sites for hydroxylation is 1. The van der Waals surface area contributed by atoms with Crippen molar-refractivity contribution in [2.24, 2.45) is 18.0 Å². The Balaban J connectivity index is 0.00000280. The molecule has 158 valence electrons. The number of piperazine rings is 1. The minimum Gasteiger partial charge on any atom is -0.355 e. The fourth-order valence-electron chi connectivity index (χ4n) is 3.84. The first kappa shape index (κ1) is 22.9. The molecular formula is C19H34IN7O. The van der Waals surface area contributed by atoms with Crippen LogP contribution in [-0.4, -0.2) is 83.8 Å². The molecule has 0 radical (unpaired) electrons. The molecule has 0 spiro atoms. The molecule has 0 bridgehead atoms. The minimum absolute atomic E-state index is 0. The summed E-state index contributed by atoms with van der Waals surface area (Å²) in [5.41, 5.74) is 0.859. The first-order valence-corrected chi connectivity index (χ1v) is 9.96. The number of nitrogens with zero attached hydrogens (tertiary/aromatic N) is 6. The van der Waals surface area contributed by atoms with Crippen LogP contribution < -0.4 is 10.2 Å². The molecule has 1 atom stereocenters. The third kappa shape index (κ3) is 5.59. The maximum atomic E-state index is 12.6. The van der Waals surface area contributed by atoms with Crippen molar-refractivity contribution < 1.29 is 4.79 Å². The summed E-state index contributed by atoms with van der Waals surface area (Å²) in [7, 11) is 3.65. The third-order valence-electron chi connectivity index (χ3n) is 5.73. The van der Waals surface area contributed by atoms with Crippen molar-refractivity contribution in [3.05, 3.63) is 12.4 Å². The van der Waals surface area contributed by atoms with Crippen LogP contribution in [0.2, 0.25) is 0 Å². The van der Waals surface area contributed by atoms with E-state index in [1.165, 1.54) is 25.9 Å². The van der Waals surface area contributed by atoms with Crippen LogP contribution in [0.3, 0.4) is 0 Å². The van der Waals surface area contributed by atoms with E-state index >= 15 is 0 Å². The Morgan fingerprint density at radius 2 is 2.04 bits per heavy atom. The van der Waals surface area contributed by atoms with E-state index in [4.69, 9.17) is 0 Å². The maximum absolute atomic E-state index is 12.6. The lowest BCUT2D eigenvalue weighted by Gasteiger charge is -2.37. The summed E-state index contributed by atoms with van der Waals surface area (Å²) in [5.74, 6) is 1.73. The van der Waals surface area contributed by atoms with Gasteiger partial charge in [-0.1, -0.05) is 6.92 Å². The maximum Gasteiger partial charge on any atom is 0.246 e. The molecule has 0 aromatic carbocycles. The Morgan fingerprint density at radius 1 is 1.32 bits per heavy atom. The van der Waals surface area contributed by atoms with Crippen molar-refractivity contribution in [2.75, 3.05) is 51.2 Å². The average Bonchev–Trinajstić information content (AvgIpc) is 3.09. The largest absolute Gasteiger partial charge is 0.355 e. The zero-order valence-corrected chi connectivity index (χ0v) is 19.8. The van der Waals surface area contributed by atoms with Crippen LogP contribution in [0.1, 0.15) is 26.7 Å². The number of aliphatic imine (C=N–C) groups is 1. The summed E-state index contributed by atoms with van der Waals surface area (Å²) in [5, 5.41) is 7.64. The number of nitrogens with one attached hydrogen (secondary N) is 1. The third-order valence-corrected chi connectivity index (χ3v) is 5.73. The van der Waals surface area contributed by atoms with Gasteiger partial charge >= 0.3 is 0 Å². The van der Waals surface area contributed by atoms with Gasteiger partial charge in [-0.05, 0) is 38.8 Å². The van der Waals surface area contributed by atoms with E-state index in [0.717, 1.165) is 30.7 Å². The number of anilines is 1. The molecule has 2 aliphatic rings. The molecule has 3 heterocycles. The van der Waals surface area contributed by atoms with Gasteiger partial charge in [0.25, 0.3) is 0 Å². The quantitative estimate of drug-likeness (QED) is 0.382. The van der Waals surface area contributed by atoms with Gasteiger partial charge in [0.05, 0.1) is 11.9 Å². The van der Waals surface area contributed by atoms with Crippen molar-refractivity contribution in [3.63, 3.8) is 0 Å². The van der Waals surface area contributed by atoms with Crippen LogP contribution in [0, 0.1) is 5.92 Å². The van der Waals surface area contributed by atoms with Gasteiger partial charge < -0.3 is 15.1 Å². The predicted molar refractivity (Wildman–Crippen MR) is 123 cm³/mol. The zero-order chi connectivity index (χ0) is 19.4. The SMILES string of the molecule is CN=C(NCC(C)N1CCC(C)CC1)N1CCN(c2cnn(C)c2)C(=O)C1.I. The second-order valence-electron chi connectivity index (χ2n) is 7.83. The lowest BCUT2D eigenvalue weighted by atomic mass is 9.98. The van der Waals surface area contributed by atoms with Crippen LogP contribution in [0.25, 0.3) is 0 Å². The molecule has 1 aromatic heterocycles. The van der Waals surface area contributed by atoms with Crippen LogP contribution >= 0.6 is 24.0 Å². The highest BCUT2D eigenvalue weighted by molar-refractivity contribution is 14.0. The number of halogens is 1. The summed E-state index contributed by atoms with van der Waals surface area (Å²) in [6.07, 6.45) is 6.18. The molecule has 8 nitrogen and oxygen atoms in total. The summed E-state index contributed by atoms with van der Waals surface area (Å²) < 4.78 is 1.72. The lowest BCUT2D eigenvalue weighted by Crippen LogP contribution is -2.56. The van der Waals surface area contributed by atoms with Crippen LogP contribution in [0.5, 0.6) is 0 Å². The number of aromatic nitrogens is 2. The molecular weight excluding hydrogens is 469 g/mol. The molecule has 1 aromatic rings. The van der Waals surface area contributed by atoms with Gasteiger partial charge in [0.15, 0.2) is 5.96 Å². The van der Waals surface area contributed by atoms with Crippen molar-refractivity contribution in [2.45, 2.75) is 32.7 Å². The summed E-state index contributed by atoms with van der Waals surface area (Å²) in [6, 6.07) is 0.460. The summed E-state index contributed by atoms with van der Waals surface area (Å²) in [4.78, 5) is 23.4. The highest BCUT2D eigenvalue weighted by atomic mass is 127. The monoisotopic (exact) mass is 503 g/mol. The zero-order valence-electron chi connectivity index (χ0n) is 17.5. The van der Waals surface area contributed by atoms with Crippen LogP contribution in [-0.2, 0) is 11.8 Å². The molecule has 28 heavy (non-hydrogen) atoms. The Morgan fingerprint density at radius 3 is 2.61 bits per heavy atom. The molecule has 1 unspecified atom stereocenters. The minimum atomic E-state index is 0. The van der Waals surface area contributed by atoms with Crippen molar-refractivity contribution in [1.82, 2.24) is 24.9 Å². The second-order valence-corrected chi connectivity index (χ2v) is 7.83. The smallest absolute Gasteiger partial charge is 0.246 e. The van der Waals surface area contributed by atoms with Crippen LogP contribution in [0.4, 0.5) is 5.69 Å². The van der Waals surface area contributed by atoms with Gasteiger partial charge in [-0.2, -0.15) is 5.10 Å². The normalized spacial score (nSPS) is 20.9. The van der Waals surface area contributed by atoms with Gasteiger partial charge in [0, 0.05) is 46.0 Å². The van der Waals surface area contributed by atoms with Crippen molar-refractivity contribution in [3.8, 4) is 0 Å². The van der Waals surface area contributed by atoms with Crippen molar-refractivity contribution >= 4 is 41.5 Å². The lowest BCUT2D eigenvalue weighted by molar-refractivity contribution is -0.120. The number of guanidine groups is 1. The predicted octanol–water partition coefficient (Wildman–Crippen LogP) is 1.38. The molecule has 3 rings (SSSR count). The van der Waals surface area contributed by atoms with Gasteiger partial charge in [0.2, 0.25) is 5.91 Å².